The molecule has 2 aromatic carbocycles. The lowest BCUT2D eigenvalue weighted by atomic mass is 10.1. The van der Waals surface area contributed by atoms with E-state index in [2.05, 4.69) is 5.32 Å². The summed E-state index contributed by atoms with van der Waals surface area (Å²) in [6.45, 7) is 2.92. The number of carbonyl (C=O) groups is 1. The van der Waals surface area contributed by atoms with Crippen molar-refractivity contribution in [1.82, 2.24) is 9.62 Å². The Morgan fingerprint density at radius 1 is 1.12 bits per heavy atom. The molecular weight excluding hydrogens is 372 g/mol. The van der Waals surface area contributed by atoms with Gasteiger partial charge in [-0.15, -0.1) is 0 Å². The highest BCUT2D eigenvalue weighted by atomic mass is 35.5. The van der Waals surface area contributed by atoms with Crippen molar-refractivity contribution < 1.29 is 13.2 Å². The molecule has 1 heterocycles. The maximum absolute atomic E-state index is 12.7. The zero-order valence-electron chi connectivity index (χ0n) is 14.5. The second-order valence-corrected chi connectivity index (χ2v) is 8.76. The van der Waals surface area contributed by atoms with Crippen LogP contribution in [0, 0.1) is 0 Å². The fourth-order valence-corrected chi connectivity index (χ4v) is 4.78. The SMILES string of the molecule is C[C@H](NC(=O)c1cccc(S(=O)(=O)N2CCCC2)c1)c1cccc(Cl)c1. The molecule has 0 aliphatic carbocycles. The van der Waals surface area contributed by atoms with Crippen LogP contribution in [-0.2, 0) is 10.0 Å². The van der Waals surface area contributed by atoms with E-state index in [4.69, 9.17) is 11.6 Å². The molecule has 0 saturated carbocycles. The van der Waals surface area contributed by atoms with Crippen molar-refractivity contribution in [3.05, 3.63) is 64.7 Å². The van der Waals surface area contributed by atoms with Gasteiger partial charge in [-0.1, -0.05) is 29.8 Å². The van der Waals surface area contributed by atoms with E-state index in [0.717, 1.165) is 18.4 Å². The Bertz CT molecular complexity index is 909. The van der Waals surface area contributed by atoms with E-state index in [1.54, 1.807) is 24.3 Å². The van der Waals surface area contributed by atoms with Crippen molar-refractivity contribution in [2.24, 2.45) is 0 Å². The Balaban J connectivity index is 1.78. The number of rotatable bonds is 5. The molecule has 2 aromatic rings. The van der Waals surface area contributed by atoms with E-state index >= 15 is 0 Å². The standard InChI is InChI=1S/C19H21ClN2O3S/c1-14(15-6-4-8-17(20)12-15)21-19(23)16-7-5-9-18(13-16)26(24,25)22-10-2-3-11-22/h4-9,12-14H,2-3,10-11H2,1H3,(H,21,23)/t14-/m0/s1. The summed E-state index contributed by atoms with van der Waals surface area (Å²) < 4.78 is 26.8. The Hall–Kier alpha value is -1.89. The highest BCUT2D eigenvalue weighted by Crippen LogP contribution is 2.22. The van der Waals surface area contributed by atoms with Gasteiger partial charge in [-0.2, -0.15) is 4.31 Å². The van der Waals surface area contributed by atoms with Gasteiger partial charge < -0.3 is 5.32 Å². The van der Waals surface area contributed by atoms with Crippen LogP contribution in [0.25, 0.3) is 0 Å². The van der Waals surface area contributed by atoms with E-state index < -0.39 is 10.0 Å². The molecule has 26 heavy (non-hydrogen) atoms. The molecule has 1 fully saturated rings. The average Bonchev–Trinajstić information content (AvgIpc) is 3.17. The second-order valence-electron chi connectivity index (χ2n) is 6.39. The number of sulfonamides is 1. The molecule has 1 saturated heterocycles. The van der Waals surface area contributed by atoms with Gasteiger partial charge in [0, 0.05) is 23.7 Å². The molecule has 1 aliphatic heterocycles. The number of carbonyl (C=O) groups excluding carboxylic acids is 1. The third-order valence-corrected chi connectivity index (χ3v) is 6.63. The summed E-state index contributed by atoms with van der Waals surface area (Å²) in [6.07, 6.45) is 1.74. The number of halogens is 1. The van der Waals surface area contributed by atoms with Crippen molar-refractivity contribution in [1.29, 1.82) is 0 Å². The molecular formula is C19H21ClN2O3S. The number of hydrogen-bond donors (Lipinski definition) is 1. The van der Waals surface area contributed by atoms with E-state index in [9.17, 15) is 13.2 Å². The van der Waals surface area contributed by atoms with E-state index in [-0.39, 0.29) is 16.8 Å². The molecule has 0 radical (unpaired) electrons. The molecule has 0 aromatic heterocycles. The smallest absolute Gasteiger partial charge is 0.251 e. The molecule has 7 heteroatoms. The third-order valence-electron chi connectivity index (χ3n) is 4.50. The van der Waals surface area contributed by atoms with Crippen molar-refractivity contribution in [3.63, 3.8) is 0 Å². The van der Waals surface area contributed by atoms with Crippen LogP contribution in [0.5, 0.6) is 0 Å². The largest absolute Gasteiger partial charge is 0.346 e. The van der Waals surface area contributed by atoms with Crippen LogP contribution in [0.1, 0.15) is 41.7 Å². The maximum atomic E-state index is 12.7. The fraction of sp³-hybridized carbons (Fsp3) is 0.316. The summed E-state index contributed by atoms with van der Waals surface area (Å²) in [5.74, 6) is -0.323. The minimum Gasteiger partial charge on any atom is -0.346 e. The van der Waals surface area contributed by atoms with E-state index in [1.807, 2.05) is 19.1 Å². The van der Waals surface area contributed by atoms with Crippen molar-refractivity contribution in [3.8, 4) is 0 Å². The molecule has 3 rings (SSSR count). The van der Waals surface area contributed by atoms with Gasteiger partial charge in [-0.25, -0.2) is 8.42 Å². The van der Waals surface area contributed by atoms with Gasteiger partial charge in [-0.3, -0.25) is 4.79 Å². The maximum Gasteiger partial charge on any atom is 0.251 e. The Morgan fingerprint density at radius 3 is 2.50 bits per heavy atom. The summed E-state index contributed by atoms with van der Waals surface area (Å²) in [5.41, 5.74) is 1.20. The minimum absolute atomic E-state index is 0.155. The quantitative estimate of drug-likeness (QED) is 0.845. The van der Waals surface area contributed by atoms with Crippen LogP contribution < -0.4 is 5.32 Å². The summed E-state index contributed by atoms with van der Waals surface area (Å²) >= 11 is 5.99. The second kappa shape index (κ2) is 7.78. The number of amides is 1. The van der Waals surface area contributed by atoms with E-state index in [1.165, 1.54) is 16.4 Å². The van der Waals surface area contributed by atoms with Crippen molar-refractivity contribution >= 4 is 27.5 Å². The normalized spacial score (nSPS) is 16.4. The van der Waals surface area contributed by atoms with Gasteiger partial charge in [0.2, 0.25) is 10.0 Å². The van der Waals surface area contributed by atoms with Crippen molar-refractivity contribution in [2.45, 2.75) is 30.7 Å². The molecule has 0 unspecified atom stereocenters. The van der Waals surface area contributed by atoms with Crippen LogP contribution in [0.4, 0.5) is 0 Å². The third kappa shape index (κ3) is 4.09. The molecule has 138 valence electrons. The summed E-state index contributed by atoms with van der Waals surface area (Å²) in [7, 11) is -3.55. The molecule has 1 amide bonds. The zero-order chi connectivity index (χ0) is 18.7. The van der Waals surface area contributed by atoms with Gasteiger partial charge in [0.15, 0.2) is 0 Å². The van der Waals surface area contributed by atoms with Crippen LogP contribution in [0.3, 0.4) is 0 Å². The summed E-state index contributed by atoms with van der Waals surface area (Å²) in [4.78, 5) is 12.7. The minimum atomic E-state index is -3.55. The van der Waals surface area contributed by atoms with E-state index in [0.29, 0.717) is 23.7 Å². The number of hydrogen-bond acceptors (Lipinski definition) is 3. The molecule has 5 nitrogen and oxygen atoms in total. The average molecular weight is 393 g/mol. The predicted octanol–water partition coefficient (Wildman–Crippen LogP) is 3.62. The lowest BCUT2D eigenvalue weighted by Gasteiger charge is -2.17. The Labute approximate surface area is 159 Å². The van der Waals surface area contributed by atoms with Crippen LogP contribution in [0.15, 0.2) is 53.4 Å². The van der Waals surface area contributed by atoms with Crippen LogP contribution in [-0.4, -0.2) is 31.7 Å². The fourth-order valence-electron chi connectivity index (χ4n) is 3.01. The Morgan fingerprint density at radius 2 is 1.81 bits per heavy atom. The molecule has 0 bridgehead atoms. The van der Waals surface area contributed by atoms with Crippen molar-refractivity contribution in [2.75, 3.05) is 13.1 Å². The first-order chi connectivity index (χ1) is 12.4. The van der Waals surface area contributed by atoms with Crippen LogP contribution in [0.2, 0.25) is 5.02 Å². The first-order valence-electron chi connectivity index (χ1n) is 8.54. The number of benzene rings is 2. The molecule has 1 N–H and O–H groups in total. The Kier molecular flexibility index (Phi) is 5.65. The molecule has 1 aliphatic rings. The first kappa shape index (κ1) is 18.9. The van der Waals surface area contributed by atoms with Gasteiger partial charge in [0.25, 0.3) is 5.91 Å². The first-order valence-corrected chi connectivity index (χ1v) is 10.4. The predicted molar refractivity (Wildman–Crippen MR) is 102 cm³/mol. The monoisotopic (exact) mass is 392 g/mol. The number of nitrogens with one attached hydrogen (secondary N) is 1. The van der Waals surface area contributed by atoms with Gasteiger partial charge in [-0.05, 0) is 55.7 Å². The van der Waals surface area contributed by atoms with Gasteiger partial charge in [0.05, 0.1) is 10.9 Å². The zero-order valence-corrected chi connectivity index (χ0v) is 16.1. The lowest BCUT2D eigenvalue weighted by molar-refractivity contribution is 0.0939. The summed E-state index contributed by atoms with van der Waals surface area (Å²) in [6, 6.07) is 13.2. The highest BCUT2D eigenvalue weighted by Gasteiger charge is 2.27. The molecule has 1 atom stereocenters. The van der Waals surface area contributed by atoms with Crippen LogP contribution >= 0.6 is 11.6 Å². The lowest BCUT2D eigenvalue weighted by Crippen LogP contribution is -2.29. The topological polar surface area (TPSA) is 66.5 Å². The van der Waals surface area contributed by atoms with Gasteiger partial charge in [0.1, 0.15) is 0 Å². The summed E-state index contributed by atoms with van der Waals surface area (Å²) in [5, 5.41) is 3.48. The number of nitrogens with zero attached hydrogens (tertiary/aromatic N) is 1. The highest BCUT2D eigenvalue weighted by molar-refractivity contribution is 7.89. The van der Waals surface area contributed by atoms with Gasteiger partial charge >= 0.3 is 0 Å². The molecule has 0 spiro atoms.